The fourth-order valence-corrected chi connectivity index (χ4v) is 2.83. The number of piperidine rings is 1. The molecule has 1 aliphatic rings. The molecule has 0 radical (unpaired) electrons. The van der Waals surface area contributed by atoms with Gasteiger partial charge in [0.15, 0.2) is 0 Å². The van der Waals surface area contributed by atoms with Gasteiger partial charge in [-0.3, -0.25) is 4.79 Å². The summed E-state index contributed by atoms with van der Waals surface area (Å²) in [5.74, 6) is 0.952. The van der Waals surface area contributed by atoms with E-state index < -0.39 is 0 Å². The Kier molecular flexibility index (Phi) is 5.60. The largest absolute Gasteiger partial charge is 0.342 e. The molecule has 3 nitrogen and oxygen atoms in total. The number of hydrogen-bond donors (Lipinski definition) is 1. The number of benzene rings is 1. The molecule has 1 heterocycles. The van der Waals surface area contributed by atoms with Crippen molar-refractivity contribution in [2.24, 2.45) is 5.92 Å². The Morgan fingerprint density at radius 3 is 2.85 bits per heavy atom. The van der Waals surface area contributed by atoms with Crippen molar-refractivity contribution in [1.29, 1.82) is 0 Å². The van der Waals surface area contributed by atoms with Gasteiger partial charge in [0.1, 0.15) is 0 Å². The third kappa shape index (κ3) is 4.34. The zero-order chi connectivity index (χ0) is 14.4. The normalized spacial score (nSPS) is 20.7. The van der Waals surface area contributed by atoms with Crippen LogP contribution in [-0.4, -0.2) is 30.4 Å². The molecule has 2 rings (SSSR count). The van der Waals surface area contributed by atoms with Crippen LogP contribution in [0.4, 0.5) is 0 Å². The lowest BCUT2D eigenvalue weighted by atomic mass is 10.00. The van der Waals surface area contributed by atoms with Gasteiger partial charge in [-0.2, -0.15) is 0 Å². The smallest absolute Gasteiger partial charge is 0.223 e. The molecule has 0 saturated carbocycles. The van der Waals surface area contributed by atoms with Crippen LogP contribution in [0.1, 0.15) is 44.7 Å². The third-order valence-corrected chi connectivity index (χ3v) is 4.10. The van der Waals surface area contributed by atoms with Gasteiger partial charge in [-0.1, -0.05) is 37.3 Å². The summed E-state index contributed by atoms with van der Waals surface area (Å²) in [4.78, 5) is 14.2. The Bertz CT molecular complexity index is 418. The molecule has 0 bridgehead atoms. The predicted molar refractivity (Wildman–Crippen MR) is 82.5 cm³/mol. The summed E-state index contributed by atoms with van der Waals surface area (Å²) in [6, 6.07) is 10.7. The number of carbonyl (C=O) groups excluding carboxylic acids is 1. The molecule has 1 saturated heterocycles. The molecule has 2 unspecified atom stereocenters. The van der Waals surface area contributed by atoms with E-state index in [1.54, 1.807) is 0 Å². The van der Waals surface area contributed by atoms with Crippen LogP contribution in [0, 0.1) is 5.92 Å². The van der Waals surface area contributed by atoms with Crippen LogP contribution in [0.5, 0.6) is 0 Å². The predicted octanol–water partition coefficient (Wildman–Crippen LogP) is 2.99. The lowest BCUT2D eigenvalue weighted by molar-refractivity contribution is -0.132. The van der Waals surface area contributed by atoms with Crippen molar-refractivity contribution in [3.05, 3.63) is 35.9 Å². The molecule has 110 valence electrons. The molecule has 1 fully saturated rings. The van der Waals surface area contributed by atoms with E-state index in [0.29, 0.717) is 24.3 Å². The topological polar surface area (TPSA) is 32.3 Å². The van der Waals surface area contributed by atoms with Gasteiger partial charge >= 0.3 is 0 Å². The van der Waals surface area contributed by atoms with E-state index in [9.17, 15) is 4.79 Å². The second kappa shape index (κ2) is 7.44. The van der Waals surface area contributed by atoms with Gasteiger partial charge in [0.2, 0.25) is 5.91 Å². The van der Waals surface area contributed by atoms with Gasteiger partial charge in [0.25, 0.3) is 0 Å². The first-order valence-corrected chi connectivity index (χ1v) is 7.73. The van der Waals surface area contributed by atoms with Crippen molar-refractivity contribution in [2.45, 2.75) is 39.2 Å². The average Bonchev–Trinajstić information content (AvgIpc) is 2.48. The van der Waals surface area contributed by atoms with Gasteiger partial charge in [-0.05, 0) is 31.2 Å². The molecule has 0 aromatic heterocycles. The van der Waals surface area contributed by atoms with Crippen LogP contribution in [0.3, 0.4) is 0 Å². The summed E-state index contributed by atoms with van der Waals surface area (Å²) in [5, 5.41) is 3.43. The van der Waals surface area contributed by atoms with Crippen LogP contribution >= 0.6 is 0 Å². The first-order chi connectivity index (χ1) is 9.66. The first kappa shape index (κ1) is 15.0. The van der Waals surface area contributed by atoms with Gasteiger partial charge in [0, 0.05) is 32.1 Å². The van der Waals surface area contributed by atoms with E-state index in [1.165, 1.54) is 12.0 Å². The standard InChI is InChI=1S/C17H26N2O/c1-14-7-6-12-19(13-14)17(20)10-11-18-15(2)16-8-4-3-5-9-16/h3-5,8-9,14-15,18H,6-7,10-13H2,1-2H3. The monoisotopic (exact) mass is 274 g/mol. The number of likely N-dealkylation sites (tertiary alicyclic amines) is 1. The van der Waals surface area contributed by atoms with E-state index in [0.717, 1.165) is 26.1 Å². The van der Waals surface area contributed by atoms with Crippen LogP contribution in [0.15, 0.2) is 30.3 Å². The summed E-state index contributed by atoms with van der Waals surface area (Å²) in [6.45, 7) is 7.00. The van der Waals surface area contributed by atoms with Crippen molar-refractivity contribution in [2.75, 3.05) is 19.6 Å². The molecular formula is C17H26N2O. The fraction of sp³-hybridized carbons (Fsp3) is 0.588. The maximum absolute atomic E-state index is 12.1. The summed E-state index contributed by atoms with van der Waals surface area (Å²) in [5.41, 5.74) is 1.27. The molecule has 1 N–H and O–H groups in total. The van der Waals surface area contributed by atoms with Crippen LogP contribution in [-0.2, 0) is 4.79 Å². The molecule has 1 aromatic carbocycles. The Hall–Kier alpha value is -1.35. The molecule has 3 heteroatoms. The van der Waals surface area contributed by atoms with Crippen molar-refractivity contribution in [3.63, 3.8) is 0 Å². The molecule has 0 aliphatic carbocycles. The van der Waals surface area contributed by atoms with Crippen molar-refractivity contribution >= 4 is 5.91 Å². The summed E-state index contributed by atoms with van der Waals surface area (Å²) in [7, 11) is 0. The highest BCUT2D eigenvalue weighted by Gasteiger charge is 2.20. The third-order valence-electron chi connectivity index (χ3n) is 4.10. The number of nitrogens with zero attached hydrogens (tertiary/aromatic N) is 1. The lowest BCUT2D eigenvalue weighted by Crippen LogP contribution is -2.40. The maximum Gasteiger partial charge on any atom is 0.223 e. The van der Waals surface area contributed by atoms with Gasteiger partial charge in [-0.15, -0.1) is 0 Å². The van der Waals surface area contributed by atoms with Crippen LogP contribution < -0.4 is 5.32 Å². The first-order valence-electron chi connectivity index (χ1n) is 7.73. The van der Waals surface area contributed by atoms with E-state index >= 15 is 0 Å². The summed E-state index contributed by atoms with van der Waals surface area (Å²) in [6.07, 6.45) is 3.01. The Balaban J connectivity index is 1.71. The number of amides is 1. The van der Waals surface area contributed by atoms with Gasteiger partial charge in [0.05, 0.1) is 0 Å². The number of nitrogens with one attached hydrogen (secondary N) is 1. The van der Waals surface area contributed by atoms with Crippen LogP contribution in [0.2, 0.25) is 0 Å². The SMILES string of the molecule is CC1CCCN(C(=O)CCNC(C)c2ccccc2)C1. The minimum atomic E-state index is 0.296. The van der Waals surface area contributed by atoms with Gasteiger partial charge in [-0.25, -0.2) is 0 Å². The Morgan fingerprint density at radius 1 is 1.40 bits per heavy atom. The molecule has 20 heavy (non-hydrogen) atoms. The van der Waals surface area contributed by atoms with Crippen molar-refractivity contribution in [3.8, 4) is 0 Å². The molecule has 0 spiro atoms. The van der Waals surface area contributed by atoms with Crippen molar-refractivity contribution < 1.29 is 4.79 Å². The van der Waals surface area contributed by atoms with Gasteiger partial charge < -0.3 is 10.2 Å². The minimum Gasteiger partial charge on any atom is -0.342 e. The second-order valence-electron chi connectivity index (χ2n) is 5.92. The van der Waals surface area contributed by atoms with Crippen LogP contribution in [0.25, 0.3) is 0 Å². The van der Waals surface area contributed by atoms with Crippen molar-refractivity contribution in [1.82, 2.24) is 10.2 Å². The fourth-order valence-electron chi connectivity index (χ4n) is 2.83. The zero-order valence-corrected chi connectivity index (χ0v) is 12.6. The Labute approximate surface area is 122 Å². The number of hydrogen-bond acceptors (Lipinski definition) is 2. The maximum atomic E-state index is 12.1. The van der Waals surface area contributed by atoms with E-state index in [2.05, 4.69) is 31.3 Å². The summed E-state index contributed by atoms with van der Waals surface area (Å²) < 4.78 is 0. The molecular weight excluding hydrogens is 248 g/mol. The highest BCUT2D eigenvalue weighted by atomic mass is 16.2. The van der Waals surface area contributed by atoms with E-state index in [4.69, 9.17) is 0 Å². The Morgan fingerprint density at radius 2 is 2.15 bits per heavy atom. The number of rotatable bonds is 5. The molecule has 1 amide bonds. The zero-order valence-electron chi connectivity index (χ0n) is 12.6. The lowest BCUT2D eigenvalue weighted by Gasteiger charge is -2.31. The summed E-state index contributed by atoms with van der Waals surface area (Å²) >= 11 is 0. The van der Waals surface area contributed by atoms with E-state index in [1.807, 2.05) is 23.1 Å². The second-order valence-corrected chi connectivity index (χ2v) is 5.92. The van der Waals surface area contributed by atoms with E-state index in [-0.39, 0.29) is 0 Å². The molecule has 2 atom stereocenters. The molecule has 1 aliphatic heterocycles. The minimum absolute atomic E-state index is 0.296. The highest BCUT2D eigenvalue weighted by molar-refractivity contribution is 5.76. The highest BCUT2D eigenvalue weighted by Crippen LogP contribution is 2.16. The average molecular weight is 274 g/mol. The quantitative estimate of drug-likeness (QED) is 0.895. The molecule has 1 aromatic rings. The number of carbonyl (C=O) groups is 1.